The Bertz CT molecular complexity index is 309. The molecule has 0 bridgehead atoms. The summed E-state index contributed by atoms with van der Waals surface area (Å²) in [6.45, 7) is 6.58. The van der Waals surface area contributed by atoms with Crippen LogP contribution >= 0.6 is 15.3 Å². The zero-order valence-electron chi connectivity index (χ0n) is 9.10. The molecule has 0 aliphatic carbocycles. The number of benzene rings is 1. The van der Waals surface area contributed by atoms with Gasteiger partial charge in [-0.3, -0.25) is 0 Å². The highest BCUT2D eigenvalue weighted by atomic mass is 79.9. The first-order chi connectivity index (χ1) is 6.46. The van der Waals surface area contributed by atoms with E-state index < -0.39 is 14.5 Å². The fraction of sp³-hybridized carbons (Fsp3) is 0.400. The average molecular weight is 288 g/mol. The Kier molecular flexibility index (Phi) is 3.98. The fourth-order valence-electron chi connectivity index (χ4n) is 1.23. The molecule has 0 unspecified atom stereocenters. The predicted molar refractivity (Wildman–Crippen MR) is 70.7 cm³/mol. The van der Waals surface area contributed by atoms with Crippen molar-refractivity contribution in [3.8, 4) is 5.75 Å². The molecule has 0 aromatic heterocycles. The van der Waals surface area contributed by atoms with E-state index in [9.17, 15) is 0 Å². The summed E-state index contributed by atoms with van der Waals surface area (Å²) in [7, 11) is 0.631. The van der Waals surface area contributed by atoms with Gasteiger partial charge in [0.1, 0.15) is 5.75 Å². The van der Waals surface area contributed by atoms with Gasteiger partial charge in [-0.25, -0.2) is 0 Å². The second-order valence-electron chi connectivity index (χ2n) is 4.26. The average Bonchev–Trinajstić information content (AvgIpc) is 2.15. The molecule has 0 N–H and O–H groups in total. The lowest BCUT2D eigenvalue weighted by Gasteiger charge is -2.23. The molecule has 0 amide bonds. The summed E-state index contributed by atoms with van der Waals surface area (Å²) in [5.74, 6) is 1.03. The van der Waals surface area contributed by atoms with Gasteiger partial charge in [0.05, 0.1) is 14.7 Å². The lowest BCUT2D eigenvalue weighted by molar-refractivity contribution is 0.418. The minimum atomic E-state index is -1.11. The summed E-state index contributed by atoms with van der Waals surface area (Å²) < 4.78 is 5.38. The van der Waals surface area contributed by atoms with E-state index in [1.165, 1.54) is 5.19 Å². The van der Waals surface area contributed by atoms with Gasteiger partial charge in [-0.2, -0.15) is 0 Å². The third kappa shape index (κ3) is 2.71. The van der Waals surface area contributed by atoms with Crippen LogP contribution in [0.2, 0.25) is 19.6 Å². The molecule has 0 atom stereocenters. The van der Waals surface area contributed by atoms with Crippen LogP contribution in [-0.2, 0) is 0 Å². The molecule has 0 spiro atoms. The molecule has 77 valence electrons. The SMILES string of the molecule is COc1ccccc1[Si](Br)[Si](C)(C)C. The number of ether oxygens (including phenoxy) is 1. The van der Waals surface area contributed by atoms with Gasteiger partial charge in [0.15, 0.2) is 6.93 Å². The molecule has 0 saturated heterocycles. The number of para-hydroxylation sites is 1. The molecule has 0 saturated carbocycles. The molecule has 0 aliphatic heterocycles. The number of methoxy groups -OCH3 is 1. The minimum Gasteiger partial charge on any atom is -0.497 e. The Morgan fingerprint density at radius 2 is 1.79 bits per heavy atom. The first-order valence-electron chi connectivity index (χ1n) is 4.63. The summed E-state index contributed by atoms with van der Waals surface area (Å²) in [5, 5.41) is 1.37. The van der Waals surface area contributed by atoms with Crippen LogP contribution in [0.5, 0.6) is 5.75 Å². The maximum absolute atomic E-state index is 5.38. The molecule has 1 aromatic carbocycles. The Morgan fingerprint density at radius 3 is 2.29 bits per heavy atom. The van der Waals surface area contributed by atoms with Crippen LogP contribution in [0.3, 0.4) is 0 Å². The van der Waals surface area contributed by atoms with Crippen LogP contribution in [0, 0.1) is 0 Å². The van der Waals surface area contributed by atoms with Crippen LogP contribution in [0.15, 0.2) is 24.3 Å². The smallest absolute Gasteiger partial charge is 0.162 e. The Hall–Kier alpha value is -0.0662. The van der Waals surface area contributed by atoms with Gasteiger partial charge in [0, 0.05) is 0 Å². The predicted octanol–water partition coefficient (Wildman–Crippen LogP) is 2.71. The number of hydrogen-bond donors (Lipinski definition) is 0. The highest BCUT2D eigenvalue weighted by Gasteiger charge is 2.30. The summed E-state index contributed by atoms with van der Waals surface area (Å²) >= 11 is 3.88. The summed E-state index contributed by atoms with van der Waals surface area (Å²) in [5.41, 5.74) is 0. The van der Waals surface area contributed by atoms with E-state index in [2.05, 4.69) is 47.1 Å². The van der Waals surface area contributed by atoms with Crippen molar-refractivity contribution >= 4 is 35.0 Å². The van der Waals surface area contributed by atoms with E-state index in [1.807, 2.05) is 12.1 Å². The van der Waals surface area contributed by atoms with Gasteiger partial charge in [-0.05, 0) is 11.3 Å². The molecule has 1 nitrogen and oxygen atoms in total. The highest BCUT2D eigenvalue weighted by Crippen LogP contribution is 2.17. The normalized spacial score (nSPS) is 11.9. The molecule has 1 radical (unpaired) electrons. The van der Waals surface area contributed by atoms with Crippen LogP contribution in [0.1, 0.15) is 0 Å². The molecular weight excluding hydrogens is 272 g/mol. The van der Waals surface area contributed by atoms with Gasteiger partial charge < -0.3 is 4.74 Å². The van der Waals surface area contributed by atoms with Crippen molar-refractivity contribution in [2.45, 2.75) is 19.6 Å². The lowest BCUT2D eigenvalue weighted by atomic mass is 10.3. The summed E-state index contributed by atoms with van der Waals surface area (Å²) in [6.07, 6.45) is 0. The lowest BCUT2D eigenvalue weighted by Crippen LogP contribution is -2.47. The molecule has 4 heteroatoms. The third-order valence-corrected chi connectivity index (χ3v) is 21.0. The standard InChI is InChI=1S/C10H16BrOSi2/c1-12-9-7-5-6-8-10(9)13(11)14(2,3)4/h5-8H,1-4H3. The van der Waals surface area contributed by atoms with Gasteiger partial charge >= 0.3 is 0 Å². The first kappa shape index (κ1) is 12.0. The van der Waals surface area contributed by atoms with Gasteiger partial charge in [0.25, 0.3) is 0 Å². The molecule has 0 heterocycles. The van der Waals surface area contributed by atoms with E-state index in [4.69, 9.17) is 4.74 Å². The largest absolute Gasteiger partial charge is 0.497 e. The molecular formula is C10H16BrOSi2. The Balaban J connectivity index is 3.06. The van der Waals surface area contributed by atoms with Crippen molar-refractivity contribution in [1.29, 1.82) is 0 Å². The van der Waals surface area contributed by atoms with Crippen molar-refractivity contribution in [3.63, 3.8) is 0 Å². The van der Waals surface area contributed by atoms with Crippen LogP contribution in [-0.4, -0.2) is 21.6 Å². The molecule has 0 aliphatic rings. The Labute approximate surface area is 96.5 Å². The van der Waals surface area contributed by atoms with E-state index in [1.54, 1.807) is 7.11 Å². The number of hydrogen-bond acceptors (Lipinski definition) is 1. The monoisotopic (exact) mass is 287 g/mol. The molecule has 1 rings (SSSR count). The van der Waals surface area contributed by atoms with E-state index in [0.717, 1.165) is 5.75 Å². The van der Waals surface area contributed by atoms with Gasteiger partial charge in [-0.15, -0.1) is 15.3 Å². The second kappa shape index (κ2) is 4.64. The van der Waals surface area contributed by atoms with Crippen molar-refractivity contribution in [3.05, 3.63) is 24.3 Å². The van der Waals surface area contributed by atoms with Gasteiger partial charge in [0.2, 0.25) is 0 Å². The number of halogens is 1. The van der Waals surface area contributed by atoms with Crippen molar-refractivity contribution in [2.24, 2.45) is 0 Å². The molecule has 0 fully saturated rings. The Morgan fingerprint density at radius 1 is 1.21 bits per heavy atom. The topological polar surface area (TPSA) is 9.23 Å². The molecule has 1 aromatic rings. The quantitative estimate of drug-likeness (QED) is 0.614. The van der Waals surface area contributed by atoms with Gasteiger partial charge in [-0.1, -0.05) is 37.8 Å². The third-order valence-electron chi connectivity index (χ3n) is 2.00. The zero-order valence-corrected chi connectivity index (χ0v) is 12.7. The maximum Gasteiger partial charge on any atom is 0.162 e. The van der Waals surface area contributed by atoms with Crippen LogP contribution < -0.4 is 9.92 Å². The van der Waals surface area contributed by atoms with E-state index >= 15 is 0 Å². The van der Waals surface area contributed by atoms with Crippen LogP contribution in [0.25, 0.3) is 0 Å². The minimum absolute atomic E-state index is 0.598. The summed E-state index contributed by atoms with van der Waals surface area (Å²) in [4.78, 5) is 0. The zero-order chi connectivity index (χ0) is 10.8. The summed E-state index contributed by atoms with van der Waals surface area (Å²) in [6, 6.07) is 8.33. The fourth-order valence-corrected chi connectivity index (χ4v) is 6.71. The molecule has 14 heavy (non-hydrogen) atoms. The van der Waals surface area contributed by atoms with Crippen LogP contribution in [0.4, 0.5) is 0 Å². The van der Waals surface area contributed by atoms with Crippen molar-refractivity contribution < 1.29 is 4.74 Å². The van der Waals surface area contributed by atoms with E-state index in [-0.39, 0.29) is 0 Å². The maximum atomic E-state index is 5.38. The highest BCUT2D eigenvalue weighted by molar-refractivity contribution is 9.26. The van der Waals surface area contributed by atoms with Crippen molar-refractivity contribution in [2.75, 3.05) is 7.11 Å². The second-order valence-corrected chi connectivity index (χ2v) is 20.5. The first-order valence-corrected chi connectivity index (χ1v) is 12.9. The van der Waals surface area contributed by atoms with E-state index in [0.29, 0.717) is 0 Å². The number of rotatable bonds is 3. The van der Waals surface area contributed by atoms with Crippen molar-refractivity contribution in [1.82, 2.24) is 0 Å².